The number of esters is 1. The maximum Gasteiger partial charge on any atom is 0.305 e. The lowest BCUT2D eigenvalue weighted by molar-refractivity contribution is -0.143. The Morgan fingerprint density at radius 3 is 1.19 bits per heavy atom. The van der Waals surface area contributed by atoms with Gasteiger partial charge in [-0.3, -0.25) is 9.59 Å². The molecule has 0 fully saturated rings. The molecular formula is C58H109NO5. The summed E-state index contributed by atoms with van der Waals surface area (Å²) in [7, 11) is 0. The highest BCUT2D eigenvalue weighted by Crippen LogP contribution is 2.16. The molecule has 0 aliphatic rings. The lowest BCUT2D eigenvalue weighted by Crippen LogP contribution is -2.45. The van der Waals surface area contributed by atoms with Gasteiger partial charge >= 0.3 is 5.97 Å². The molecular weight excluding hydrogens is 791 g/mol. The minimum atomic E-state index is -0.846. The van der Waals surface area contributed by atoms with Gasteiger partial charge in [0, 0.05) is 12.8 Å². The third-order valence-corrected chi connectivity index (χ3v) is 12.9. The van der Waals surface area contributed by atoms with Crippen LogP contribution in [0.3, 0.4) is 0 Å². The normalized spacial score (nSPS) is 12.9. The van der Waals surface area contributed by atoms with Crippen LogP contribution in [0, 0.1) is 0 Å². The zero-order chi connectivity index (χ0) is 46.5. The van der Waals surface area contributed by atoms with Gasteiger partial charge < -0.3 is 20.3 Å². The summed E-state index contributed by atoms with van der Waals surface area (Å²) < 4.78 is 5.47. The molecule has 0 spiro atoms. The average molecular weight is 901 g/mol. The van der Waals surface area contributed by atoms with Gasteiger partial charge in [0.2, 0.25) is 5.91 Å². The molecule has 0 aromatic rings. The van der Waals surface area contributed by atoms with Crippen molar-refractivity contribution in [3.8, 4) is 0 Å². The first-order chi connectivity index (χ1) is 31.5. The first kappa shape index (κ1) is 62.1. The summed E-state index contributed by atoms with van der Waals surface area (Å²) in [6.45, 7) is 4.87. The van der Waals surface area contributed by atoms with E-state index in [0.29, 0.717) is 19.4 Å². The summed E-state index contributed by atoms with van der Waals surface area (Å²) in [5.41, 5.74) is 0. The van der Waals surface area contributed by atoms with E-state index >= 15 is 0 Å². The monoisotopic (exact) mass is 900 g/mol. The fourth-order valence-corrected chi connectivity index (χ4v) is 8.55. The number of ether oxygens (including phenoxy) is 1. The Bertz CT molecular complexity index is 1040. The Kier molecular flexibility index (Phi) is 52.1. The van der Waals surface area contributed by atoms with Crippen LogP contribution in [0.25, 0.3) is 0 Å². The van der Waals surface area contributed by atoms with Crippen molar-refractivity contribution in [3.05, 3.63) is 36.5 Å². The second kappa shape index (κ2) is 53.7. The molecule has 0 aromatic carbocycles. The van der Waals surface area contributed by atoms with Gasteiger partial charge in [-0.25, -0.2) is 0 Å². The van der Waals surface area contributed by atoms with Crippen LogP contribution in [0.5, 0.6) is 0 Å². The van der Waals surface area contributed by atoms with E-state index < -0.39 is 12.1 Å². The van der Waals surface area contributed by atoms with Gasteiger partial charge in [0.05, 0.1) is 25.4 Å². The van der Waals surface area contributed by atoms with Crippen LogP contribution in [0.2, 0.25) is 0 Å². The van der Waals surface area contributed by atoms with Crippen molar-refractivity contribution in [2.24, 2.45) is 0 Å². The number of unbranched alkanes of at least 4 members (excludes halogenated alkanes) is 37. The molecule has 0 aliphatic heterocycles. The fourth-order valence-electron chi connectivity index (χ4n) is 8.55. The van der Waals surface area contributed by atoms with E-state index in [0.717, 1.165) is 44.9 Å². The van der Waals surface area contributed by atoms with Gasteiger partial charge in [-0.1, -0.05) is 256 Å². The van der Waals surface area contributed by atoms with Gasteiger partial charge in [-0.2, -0.15) is 0 Å². The molecule has 376 valence electrons. The minimum absolute atomic E-state index is 0.00957. The summed E-state index contributed by atoms with van der Waals surface area (Å²) >= 11 is 0. The first-order valence-corrected chi connectivity index (χ1v) is 28.3. The number of rotatable bonds is 52. The van der Waals surface area contributed by atoms with Gasteiger partial charge in [-0.05, 0) is 64.2 Å². The largest absolute Gasteiger partial charge is 0.466 e. The summed E-state index contributed by atoms with van der Waals surface area (Å²) in [6, 6.07) is -0.630. The predicted molar refractivity (Wildman–Crippen MR) is 278 cm³/mol. The van der Waals surface area contributed by atoms with Crippen molar-refractivity contribution in [1.82, 2.24) is 5.32 Å². The molecule has 64 heavy (non-hydrogen) atoms. The minimum Gasteiger partial charge on any atom is -0.466 e. The molecule has 6 nitrogen and oxygen atoms in total. The van der Waals surface area contributed by atoms with E-state index in [-0.39, 0.29) is 18.5 Å². The van der Waals surface area contributed by atoms with Crippen molar-refractivity contribution in [2.45, 2.75) is 309 Å². The zero-order valence-electron chi connectivity index (χ0n) is 42.8. The quantitative estimate of drug-likeness (QED) is 0.0321. The highest BCUT2D eigenvalue weighted by molar-refractivity contribution is 5.76. The fraction of sp³-hybridized carbons (Fsp3) is 0.862. The van der Waals surface area contributed by atoms with Crippen LogP contribution in [0.1, 0.15) is 296 Å². The van der Waals surface area contributed by atoms with Crippen LogP contribution in [0.15, 0.2) is 36.5 Å². The van der Waals surface area contributed by atoms with E-state index in [4.69, 9.17) is 4.74 Å². The number of aliphatic hydroxyl groups is 2. The number of amides is 1. The van der Waals surface area contributed by atoms with Gasteiger partial charge in [0.1, 0.15) is 0 Å². The number of hydrogen-bond donors (Lipinski definition) is 3. The molecule has 2 atom stereocenters. The first-order valence-electron chi connectivity index (χ1n) is 28.3. The topological polar surface area (TPSA) is 95.9 Å². The predicted octanol–water partition coefficient (Wildman–Crippen LogP) is 17.2. The number of aliphatic hydroxyl groups excluding tert-OH is 2. The summed E-state index contributed by atoms with van der Waals surface area (Å²) in [5.74, 6) is -0.0675. The molecule has 0 heterocycles. The molecule has 0 aromatic heterocycles. The Morgan fingerprint density at radius 1 is 0.438 bits per heavy atom. The Morgan fingerprint density at radius 2 is 0.781 bits per heavy atom. The number of carbonyl (C=O) groups excluding carboxylic acids is 2. The van der Waals surface area contributed by atoms with Gasteiger partial charge in [0.15, 0.2) is 0 Å². The SMILES string of the molecule is CCCCCCCCC/C=C/C(O)C(CO)NC(=O)CCCCCCCCCCC/C=C\C/C=C\CCCCCCCCCCCOC(=O)CCCCCCCCCCCCCCC. The van der Waals surface area contributed by atoms with Crippen molar-refractivity contribution >= 4 is 11.9 Å². The zero-order valence-corrected chi connectivity index (χ0v) is 42.8. The third-order valence-electron chi connectivity index (χ3n) is 12.9. The number of allylic oxidation sites excluding steroid dienone is 5. The Labute approximate surface area is 398 Å². The summed E-state index contributed by atoms with van der Waals surface area (Å²) in [5, 5.41) is 22.9. The second-order valence-electron chi connectivity index (χ2n) is 19.3. The molecule has 2 unspecified atom stereocenters. The van der Waals surface area contributed by atoms with Crippen molar-refractivity contribution in [2.75, 3.05) is 13.2 Å². The van der Waals surface area contributed by atoms with Crippen LogP contribution in [-0.2, 0) is 14.3 Å². The van der Waals surface area contributed by atoms with E-state index in [1.165, 1.54) is 225 Å². The van der Waals surface area contributed by atoms with Gasteiger partial charge in [-0.15, -0.1) is 0 Å². The van der Waals surface area contributed by atoms with Crippen molar-refractivity contribution in [3.63, 3.8) is 0 Å². The number of nitrogens with one attached hydrogen (secondary N) is 1. The van der Waals surface area contributed by atoms with Crippen LogP contribution < -0.4 is 5.32 Å². The third kappa shape index (κ3) is 49.5. The molecule has 0 bridgehead atoms. The lowest BCUT2D eigenvalue weighted by Gasteiger charge is -2.20. The number of hydrogen-bond acceptors (Lipinski definition) is 5. The van der Waals surface area contributed by atoms with Gasteiger partial charge in [0.25, 0.3) is 0 Å². The number of carbonyl (C=O) groups is 2. The maximum absolute atomic E-state index is 12.4. The van der Waals surface area contributed by atoms with E-state index in [9.17, 15) is 19.8 Å². The average Bonchev–Trinajstić information content (AvgIpc) is 3.29. The summed E-state index contributed by atoms with van der Waals surface area (Å²) in [4.78, 5) is 24.4. The van der Waals surface area contributed by atoms with Crippen LogP contribution >= 0.6 is 0 Å². The highest BCUT2D eigenvalue weighted by Gasteiger charge is 2.18. The molecule has 0 aliphatic carbocycles. The van der Waals surface area contributed by atoms with E-state index in [1.54, 1.807) is 6.08 Å². The molecule has 0 saturated heterocycles. The van der Waals surface area contributed by atoms with E-state index in [1.807, 2.05) is 6.08 Å². The molecule has 3 N–H and O–H groups in total. The molecule has 0 saturated carbocycles. The van der Waals surface area contributed by atoms with Crippen molar-refractivity contribution < 1.29 is 24.5 Å². The molecule has 0 rings (SSSR count). The smallest absolute Gasteiger partial charge is 0.305 e. The lowest BCUT2D eigenvalue weighted by atomic mass is 10.0. The van der Waals surface area contributed by atoms with Crippen LogP contribution in [-0.4, -0.2) is 47.4 Å². The summed E-state index contributed by atoms with van der Waals surface area (Å²) in [6.07, 6.45) is 66.1. The van der Waals surface area contributed by atoms with Crippen molar-refractivity contribution in [1.29, 1.82) is 0 Å². The molecule has 0 radical (unpaired) electrons. The van der Waals surface area contributed by atoms with E-state index in [2.05, 4.69) is 43.5 Å². The Hall–Kier alpha value is -1.92. The maximum atomic E-state index is 12.4. The molecule has 6 heteroatoms. The van der Waals surface area contributed by atoms with Crippen LogP contribution in [0.4, 0.5) is 0 Å². The Balaban J connectivity index is 3.42. The standard InChI is InChI=1S/C58H109NO5/c1-3-5-7-9-11-13-14-28-32-36-40-44-48-52-58(63)64-53-49-45-41-37-33-30-27-25-23-21-19-17-15-16-18-20-22-24-26-29-31-35-39-43-47-51-57(62)59-55(54-60)56(61)50-46-42-38-34-12-10-8-6-4-2/h16-19,46,50,55-56,60-61H,3-15,20-45,47-49,51-54H2,1-2H3,(H,59,62)/b18-16-,19-17-,50-46+. The second-order valence-corrected chi connectivity index (χ2v) is 19.3. The molecule has 1 amide bonds. The highest BCUT2D eigenvalue weighted by atomic mass is 16.5.